The molecule has 2 rings (SSSR count). The highest BCUT2D eigenvalue weighted by molar-refractivity contribution is 14.1. The molecule has 0 saturated heterocycles. The molecule has 0 aliphatic heterocycles. The molecule has 1 amide bonds. The fourth-order valence-corrected chi connectivity index (χ4v) is 2.54. The van der Waals surface area contributed by atoms with Gasteiger partial charge in [0.25, 0.3) is 5.91 Å². The highest BCUT2D eigenvalue weighted by Gasteiger charge is 2.11. The van der Waals surface area contributed by atoms with Crippen LogP contribution in [0.5, 0.6) is 5.75 Å². The molecule has 0 bridgehead atoms. The Bertz CT molecular complexity index is 677. The van der Waals surface area contributed by atoms with Crippen LogP contribution < -0.4 is 10.1 Å². The number of aryl methyl sites for hydroxylation is 1. The Hall–Kier alpha value is -1.70. The van der Waals surface area contributed by atoms with E-state index in [4.69, 9.17) is 0 Å². The number of hydrogen-bond acceptors (Lipinski definition) is 2. The zero-order chi connectivity index (χ0) is 16.1. The Balaban J connectivity index is 2.03. The van der Waals surface area contributed by atoms with Crippen molar-refractivity contribution in [2.75, 3.05) is 0 Å². The van der Waals surface area contributed by atoms with Crippen LogP contribution in [0.25, 0.3) is 0 Å². The van der Waals surface area contributed by atoms with Crippen molar-refractivity contribution in [3.05, 3.63) is 62.7 Å². The molecule has 6 heteroatoms. The van der Waals surface area contributed by atoms with Gasteiger partial charge in [-0.3, -0.25) is 4.79 Å². The summed E-state index contributed by atoms with van der Waals surface area (Å²) >= 11 is 2.13. The lowest BCUT2D eigenvalue weighted by Crippen LogP contribution is -2.23. The Morgan fingerprint density at radius 3 is 2.73 bits per heavy atom. The van der Waals surface area contributed by atoms with Crippen molar-refractivity contribution >= 4 is 28.5 Å². The molecule has 2 aromatic rings. The van der Waals surface area contributed by atoms with Gasteiger partial charge < -0.3 is 10.1 Å². The SMILES string of the molecule is Cc1cccc(C(=O)NCc2cccc(OC(F)F)c2)c1I. The number of benzene rings is 2. The minimum Gasteiger partial charge on any atom is -0.435 e. The lowest BCUT2D eigenvalue weighted by Gasteiger charge is -2.10. The van der Waals surface area contributed by atoms with Crippen LogP contribution in [0.1, 0.15) is 21.5 Å². The summed E-state index contributed by atoms with van der Waals surface area (Å²) in [6.07, 6.45) is 0. The van der Waals surface area contributed by atoms with Gasteiger partial charge in [-0.1, -0.05) is 24.3 Å². The molecule has 0 aliphatic carbocycles. The molecular formula is C16H14F2INO2. The summed E-state index contributed by atoms with van der Waals surface area (Å²) in [6.45, 7) is -0.689. The zero-order valence-corrected chi connectivity index (χ0v) is 13.9. The topological polar surface area (TPSA) is 38.3 Å². The number of carbonyl (C=O) groups is 1. The van der Waals surface area contributed by atoms with Crippen molar-refractivity contribution < 1.29 is 18.3 Å². The smallest absolute Gasteiger partial charge is 0.387 e. The third-order valence-corrected chi connectivity index (χ3v) is 4.44. The molecule has 0 radical (unpaired) electrons. The first kappa shape index (κ1) is 16.7. The largest absolute Gasteiger partial charge is 0.435 e. The third-order valence-electron chi connectivity index (χ3n) is 3.01. The van der Waals surface area contributed by atoms with Crippen molar-refractivity contribution in [3.8, 4) is 5.75 Å². The van der Waals surface area contributed by atoms with E-state index in [2.05, 4.69) is 32.6 Å². The lowest BCUT2D eigenvalue weighted by atomic mass is 10.1. The minimum absolute atomic E-state index is 0.0758. The van der Waals surface area contributed by atoms with E-state index < -0.39 is 6.61 Å². The Morgan fingerprint density at radius 1 is 1.27 bits per heavy atom. The molecule has 0 fully saturated rings. The van der Waals surface area contributed by atoms with Crippen LogP contribution in [0.15, 0.2) is 42.5 Å². The summed E-state index contributed by atoms with van der Waals surface area (Å²) in [7, 11) is 0. The van der Waals surface area contributed by atoms with Crippen molar-refractivity contribution in [3.63, 3.8) is 0 Å². The molecule has 2 aromatic carbocycles. The van der Waals surface area contributed by atoms with Gasteiger partial charge in [-0.05, 0) is 58.8 Å². The van der Waals surface area contributed by atoms with Crippen LogP contribution in [0.3, 0.4) is 0 Å². The maximum absolute atomic E-state index is 12.2. The zero-order valence-electron chi connectivity index (χ0n) is 11.8. The van der Waals surface area contributed by atoms with E-state index >= 15 is 0 Å². The van der Waals surface area contributed by atoms with Gasteiger partial charge in [0.2, 0.25) is 0 Å². The first-order chi connectivity index (χ1) is 10.5. The van der Waals surface area contributed by atoms with Crippen LogP contribution in [0.2, 0.25) is 0 Å². The fraction of sp³-hybridized carbons (Fsp3) is 0.188. The van der Waals surface area contributed by atoms with Crippen LogP contribution in [-0.2, 0) is 6.54 Å². The van der Waals surface area contributed by atoms with Crippen LogP contribution in [0.4, 0.5) is 8.78 Å². The molecule has 0 atom stereocenters. The van der Waals surface area contributed by atoms with Gasteiger partial charge in [0, 0.05) is 10.1 Å². The standard InChI is InChI=1S/C16H14F2INO2/c1-10-4-2-7-13(14(10)19)15(21)20-9-11-5-3-6-12(8-11)22-16(17)18/h2-8,16H,9H2,1H3,(H,20,21). The third kappa shape index (κ3) is 4.40. The molecule has 22 heavy (non-hydrogen) atoms. The summed E-state index contributed by atoms with van der Waals surface area (Å²) in [5, 5.41) is 2.78. The van der Waals surface area contributed by atoms with Gasteiger partial charge in [-0.15, -0.1) is 0 Å². The molecule has 0 aliphatic rings. The number of carbonyl (C=O) groups excluding carboxylic acids is 1. The van der Waals surface area contributed by atoms with Gasteiger partial charge >= 0.3 is 6.61 Å². The Morgan fingerprint density at radius 2 is 2.00 bits per heavy atom. The molecule has 116 valence electrons. The van der Waals surface area contributed by atoms with Gasteiger partial charge in [0.1, 0.15) is 5.75 Å². The molecule has 0 aromatic heterocycles. The van der Waals surface area contributed by atoms with Crippen LogP contribution in [0, 0.1) is 10.5 Å². The quantitative estimate of drug-likeness (QED) is 0.744. The maximum atomic E-state index is 12.2. The van der Waals surface area contributed by atoms with E-state index in [1.807, 2.05) is 19.1 Å². The number of rotatable bonds is 5. The van der Waals surface area contributed by atoms with E-state index in [1.165, 1.54) is 12.1 Å². The summed E-state index contributed by atoms with van der Waals surface area (Å²) in [4.78, 5) is 12.2. The summed E-state index contributed by atoms with van der Waals surface area (Å²) in [5.74, 6) is -0.125. The van der Waals surface area contributed by atoms with Crippen molar-refractivity contribution in [1.82, 2.24) is 5.32 Å². The normalized spacial score (nSPS) is 10.6. The maximum Gasteiger partial charge on any atom is 0.387 e. The Kier molecular flexibility index (Phi) is 5.70. The molecule has 0 spiro atoms. The number of alkyl halides is 2. The lowest BCUT2D eigenvalue weighted by molar-refractivity contribution is -0.0498. The molecule has 3 nitrogen and oxygen atoms in total. The summed E-state index contributed by atoms with van der Waals surface area (Å²) in [6, 6.07) is 11.8. The highest BCUT2D eigenvalue weighted by Crippen LogP contribution is 2.18. The molecule has 0 unspecified atom stereocenters. The second-order valence-electron chi connectivity index (χ2n) is 4.65. The van der Waals surface area contributed by atoms with E-state index in [0.717, 1.165) is 9.13 Å². The number of hydrogen-bond donors (Lipinski definition) is 1. The molecule has 1 N–H and O–H groups in total. The van der Waals surface area contributed by atoms with Crippen LogP contribution in [-0.4, -0.2) is 12.5 Å². The minimum atomic E-state index is -2.86. The second-order valence-corrected chi connectivity index (χ2v) is 5.72. The average Bonchev–Trinajstić information content (AvgIpc) is 2.47. The number of ether oxygens (including phenoxy) is 1. The number of amides is 1. The number of nitrogens with one attached hydrogen (secondary N) is 1. The predicted octanol–water partition coefficient (Wildman–Crippen LogP) is 4.13. The van der Waals surface area contributed by atoms with Crippen molar-refractivity contribution in [1.29, 1.82) is 0 Å². The predicted molar refractivity (Wildman–Crippen MR) is 88.1 cm³/mol. The van der Waals surface area contributed by atoms with E-state index in [0.29, 0.717) is 11.1 Å². The second kappa shape index (κ2) is 7.53. The molecular weight excluding hydrogens is 403 g/mol. The van der Waals surface area contributed by atoms with Crippen LogP contribution >= 0.6 is 22.6 Å². The first-order valence-corrected chi connectivity index (χ1v) is 7.62. The van der Waals surface area contributed by atoms with Crippen molar-refractivity contribution in [2.45, 2.75) is 20.1 Å². The van der Waals surface area contributed by atoms with Gasteiger partial charge in [-0.2, -0.15) is 8.78 Å². The Labute approximate surface area is 140 Å². The summed E-state index contributed by atoms with van der Waals surface area (Å²) < 4.78 is 29.6. The first-order valence-electron chi connectivity index (χ1n) is 6.54. The monoisotopic (exact) mass is 417 g/mol. The van der Waals surface area contributed by atoms with E-state index in [1.54, 1.807) is 18.2 Å². The average molecular weight is 417 g/mol. The highest BCUT2D eigenvalue weighted by atomic mass is 127. The number of halogens is 3. The van der Waals surface area contributed by atoms with E-state index in [-0.39, 0.29) is 18.2 Å². The van der Waals surface area contributed by atoms with Crippen molar-refractivity contribution in [2.24, 2.45) is 0 Å². The van der Waals surface area contributed by atoms with Gasteiger partial charge in [0.15, 0.2) is 0 Å². The van der Waals surface area contributed by atoms with E-state index in [9.17, 15) is 13.6 Å². The van der Waals surface area contributed by atoms with Gasteiger partial charge in [-0.25, -0.2) is 0 Å². The van der Waals surface area contributed by atoms with Gasteiger partial charge in [0.05, 0.1) is 5.56 Å². The molecule has 0 heterocycles. The fourth-order valence-electron chi connectivity index (χ4n) is 1.93. The summed E-state index contributed by atoms with van der Waals surface area (Å²) in [5.41, 5.74) is 2.32. The molecule has 0 saturated carbocycles.